The minimum atomic E-state index is -0.423. The standard InChI is InChI=1S/C5H7N5OS/c6-5(12)10-9-4(11)3-7-1-2-8-3/h1-2H,(H,7,8)(H,9,11)(H3,6,10,12). The summed E-state index contributed by atoms with van der Waals surface area (Å²) in [6.07, 6.45) is 3.01. The van der Waals surface area contributed by atoms with Gasteiger partial charge in [-0.1, -0.05) is 0 Å². The van der Waals surface area contributed by atoms with E-state index in [2.05, 4.69) is 33.0 Å². The molecule has 7 heteroatoms. The van der Waals surface area contributed by atoms with Gasteiger partial charge in [0.05, 0.1) is 0 Å². The molecule has 6 nitrogen and oxygen atoms in total. The SMILES string of the molecule is NC(=S)NNC(=O)c1ncc[nH]1. The fraction of sp³-hybridized carbons (Fsp3) is 0. The van der Waals surface area contributed by atoms with Gasteiger partial charge in [0.1, 0.15) is 0 Å². The van der Waals surface area contributed by atoms with Crippen molar-refractivity contribution in [2.45, 2.75) is 0 Å². The van der Waals surface area contributed by atoms with Crippen molar-refractivity contribution in [3.05, 3.63) is 18.2 Å². The number of hydrogen-bond donors (Lipinski definition) is 4. The van der Waals surface area contributed by atoms with E-state index < -0.39 is 5.91 Å². The van der Waals surface area contributed by atoms with Crippen LogP contribution in [0.2, 0.25) is 0 Å². The van der Waals surface area contributed by atoms with Crippen LogP contribution in [0.5, 0.6) is 0 Å². The molecule has 1 rings (SSSR count). The van der Waals surface area contributed by atoms with Crippen molar-refractivity contribution in [2.24, 2.45) is 5.73 Å². The first kappa shape index (κ1) is 8.47. The lowest BCUT2D eigenvalue weighted by atomic mass is 10.6. The van der Waals surface area contributed by atoms with Gasteiger partial charge in [0.2, 0.25) is 0 Å². The third-order valence-corrected chi connectivity index (χ3v) is 1.11. The maximum atomic E-state index is 11.0. The van der Waals surface area contributed by atoms with Crippen molar-refractivity contribution in [2.75, 3.05) is 0 Å². The Morgan fingerprint density at radius 2 is 2.42 bits per heavy atom. The number of nitrogens with one attached hydrogen (secondary N) is 3. The van der Waals surface area contributed by atoms with Crippen molar-refractivity contribution in [1.82, 2.24) is 20.8 Å². The number of aromatic amines is 1. The van der Waals surface area contributed by atoms with Crippen molar-refractivity contribution in [1.29, 1.82) is 0 Å². The maximum Gasteiger partial charge on any atom is 0.305 e. The molecule has 1 aromatic heterocycles. The third kappa shape index (κ3) is 2.20. The third-order valence-electron chi connectivity index (χ3n) is 1.01. The smallest absolute Gasteiger partial charge is 0.305 e. The Bertz CT molecular complexity index is 282. The van der Waals surface area contributed by atoms with E-state index in [1.807, 2.05) is 0 Å². The van der Waals surface area contributed by atoms with E-state index in [-0.39, 0.29) is 10.9 Å². The molecule has 0 aliphatic heterocycles. The Kier molecular flexibility index (Phi) is 2.59. The van der Waals surface area contributed by atoms with Crippen LogP contribution in [-0.4, -0.2) is 21.0 Å². The Hall–Kier alpha value is -1.63. The van der Waals surface area contributed by atoms with Crippen LogP contribution in [0.1, 0.15) is 10.6 Å². The average molecular weight is 185 g/mol. The molecule has 0 fully saturated rings. The predicted octanol–water partition coefficient (Wildman–Crippen LogP) is -1.11. The molecular formula is C5H7N5OS. The molecule has 64 valence electrons. The Labute approximate surface area is 73.5 Å². The molecule has 1 aromatic rings. The van der Waals surface area contributed by atoms with Gasteiger partial charge in [-0.3, -0.25) is 15.6 Å². The minimum Gasteiger partial charge on any atom is -0.375 e. The maximum absolute atomic E-state index is 11.0. The van der Waals surface area contributed by atoms with Gasteiger partial charge in [0.15, 0.2) is 10.9 Å². The monoisotopic (exact) mass is 185 g/mol. The van der Waals surface area contributed by atoms with Crippen LogP contribution in [0, 0.1) is 0 Å². The van der Waals surface area contributed by atoms with Gasteiger partial charge in [0.25, 0.3) is 0 Å². The molecule has 1 amide bonds. The molecule has 0 spiro atoms. The summed E-state index contributed by atoms with van der Waals surface area (Å²) in [5.74, 6) is -0.230. The second-order valence-electron chi connectivity index (χ2n) is 1.88. The van der Waals surface area contributed by atoms with Gasteiger partial charge in [-0.2, -0.15) is 0 Å². The number of imidazole rings is 1. The summed E-state index contributed by atoms with van der Waals surface area (Å²) in [4.78, 5) is 17.3. The number of carbonyl (C=O) groups excluding carboxylic acids is 1. The number of hydrazine groups is 1. The molecule has 0 aliphatic carbocycles. The highest BCUT2D eigenvalue weighted by Gasteiger charge is 2.05. The van der Waals surface area contributed by atoms with Crippen LogP contribution < -0.4 is 16.6 Å². The lowest BCUT2D eigenvalue weighted by Crippen LogP contribution is -2.44. The van der Waals surface area contributed by atoms with Crippen molar-refractivity contribution >= 4 is 23.2 Å². The van der Waals surface area contributed by atoms with Crippen LogP contribution in [0.3, 0.4) is 0 Å². The van der Waals surface area contributed by atoms with E-state index in [1.54, 1.807) is 0 Å². The minimum absolute atomic E-state index is 0.00472. The quantitative estimate of drug-likeness (QED) is 0.328. The van der Waals surface area contributed by atoms with E-state index in [4.69, 9.17) is 5.73 Å². The zero-order valence-electron chi connectivity index (χ0n) is 6.00. The molecule has 0 unspecified atom stereocenters. The number of thiocarbonyl (C=S) groups is 1. The van der Waals surface area contributed by atoms with Crippen LogP contribution in [0.15, 0.2) is 12.4 Å². The first-order chi connectivity index (χ1) is 5.70. The fourth-order valence-corrected chi connectivity index (χ4v) is 0.618. The zero-order chi connectivity index (χ0) is 8.97. The molecule has 0 saturated carbocycles. The number of H-pyrrole nitrogens is 1. The summed E-state index contributed by atoms with van der Waals surface area (Å²) < 4.78 is 0. The summed E-state index contributed by atoms with van der Waals surface area (Å²) in [5, 5.41) is -0.00472. The Morgan fingerprint density at radius 1 is 1.67 bits per heavy atom. The normalized spacial score (nSPS) is 9.00. The van der Waals surface area contributed by atoms with Crippen LogP contribution in [-0.2, 0) is 0 Å². The van der Waals surface area contributed by atoms with Gasteiger partial charge in [0, 0.05) is 12.4 Å². The second kappa shape index (κ2) is 3.67. The van der Waals surface area contributed by atoms with Gasteiger partial charge >= 0.3 is 5.91 Å². The van der Waals surface area contributed by atoms with Crippen LogP contribution >= 0.6 is 12.2 Å². The molecule has 0 aliphatic rings. The number of rotatable bonds is 1. The Morgan fingerprint density at radius 3 is 2.92 bits per heavy atom. The molecular weight excluding hydrogens is 178 g/mol. The zero-order valence-corrected chi connectivity index (χ0v) is 6.81. The highest BCUT2D eigenvalue weighted by molar-refractivity contribution is 7.80. The van der Waals surface area contributed by atoms with Crippen molar-refractivity contribution in [3.63, 3.8) is 0 Å². The molecule has 0 bridgehead atoms. The molecule has 1 heterocycles. The lowest BCUT2D eigenvalue weighted by molar-refractivity contribution is 0.0934. The highest BCUT2D eigenvalue weighted by atomic mass is 32.1. The van der Waals surface area contributed by atoms with Gasteiger partial charge in [-0.15, -0.1) is 0 Å². The number of aromatic nitrogens is 2. The fourth-order valence-electron chi connectivity index (χ4n) is 0.567. The molecule has 12 heavy (non-hydrogen) atoms. The van der Waals surface area contributed by atoms with Crippen molar-refractivity contribution < 1.29 is 4.79 Å². The molecule has 0 saturated heterocycles. The average Bonchev–Trinajstić information content (AvgIpc) is 2.51. The summed E-state index contributed by atoms with van der Waals surface area (Å²) in [6.45, 7) is 0. The topological polar surface area (TPSA) is 95.8 Å². The van der Waals surface area contributed by atoms with E-state index in [9.17, 15) is 4.79 Å². The predicted molar refractivity (Wildman–Crippen MR) is 46.0 cm³/mol. The van der Waals surface area contributed by atoms with E-state index in [0.29, 0.717) is 0 Å². The van der Waals surface area contributed by atoms with Gasteiger partial charge in [-0.05, 0) is 12.2 Å². The van der Waals surface area contributed by atoms with Crippen LogP contribution in [0.4, 0.5) is 0 Å². The number of amides is 1. The van der Waals surface area contributed by atoms with Gasteiger partial charge in [-0.25, -0.2) is 4.98 Å². The number of nitrogens with zero attached hydrogens (tertiary/aromatic N) is 1. The lowest BCUT2D eigenvalue weighted by Gasteiger charge is -2.02. The largest absolute Gasteiger partial charge is 0.375 e. The molecule has 0 atom stereocenters. The first-order valence-electron chi connectivity index (χ1n) is 3.05. The summed E-state index contributed by atoms with van der Waals surface area (Å²) in [7, 11) is 0. The number of nitrogens with two attached hydrogens (primary N) is 1. The molecule has 5 N–H and O–H groups in total. The highest BCUT2D eigenvalue weighted by Crippen LogP contribution is 1.85. The van der Waals surface area contributed by atoms with Crippen molar-refractivity contribution in [3.8, 4) is 0 Å². The first-order valence-corrected chi connectivity index (χ1v) is 3.46. The summed E-state index contributed by atoms with van der Waals surface area (Å²) in [6, 6.07) is 0. The Balaban J connectivity index is 2.45. The molecule has 0 aromatic carbocycles. The number of hydrogen-bond acceptors (Lipinski definition) is 3. The van der Waals surface area contributed by atoms with E-state index in [1.165, 1.54) is 12.4 Å². The second-order valence-corrected chi connectivity index (χ2v) is 2.32. The van der Waals surface area contributed by atoms with Gasteiger partial charge < -0.3 is 10.7 Å². The summed E-state index contributed by atoms with van der Waals surface area (Å²) in [5.41, 5.74) is 9.59. The number of carbonyl (C=O) groups is 1. The van der Waals surface area contributed by atoms with E-state index >= 15 is 0 Å². The summed E-state index contributed by atoms with van der Waals surface area (Å²) >= 11 is 4.46. The van der Waals surface area contributed by atoms with Crippen LogP contribution in [0.25, 0.3) is 0 Å². The molecule has 0 radical (unpaired) electrons. The van der Waals surface area contributed by atoms with E-state index in [0.717, 1.165) is 0 Å².